The highest BCUT2D eigenvalue weighted by atomic mass is 79.9. The number of amides is 2. The zero-order chi connectivity index (χ0) is 15.3. The summed E-state index contributed by atoms with van der Waals surface area (Å²) in [5.41, 5.74) is -1.03. The third-order valence-electron chi connectivity index (χ3n) is 2.34. The molecule has 1 aromatic carbocycles. The van der Waals surface area contributed by atoms with Crippen molar-refractivity contribution in [3.8, 4) is 0 Å². The molecule has 0 aliphatic heterocycles. The second kappa shape index (κ2) is 6.92. The van der Waals surface area contributed by atoms with Crippen LogP contribution >= 0.6 is 27.5 Å². The number of anilines is 1. The first-order valence-electron chi connectivity index (χ1n) is 5.64. The van der Waals surface area contributed by atoms with Crippen molar-refractivity contribution in [3.63, 3.8) is 0 Å². The van der Waals surface area contributed by atoms with E-state index in [4.69, 9.17) is 16.7 Å². The molecule has 0 saturated carbocycles. The maximum atomic E-state index is 11.6. The van der Waals surface area contributed by atoms with Crippen LogP contribution < -0.4 is 10.6 Å². The standard InChI is InChI=1S/C12H14BrClN2O4/c1-12(20,5-10(17)18)6-15-11(19)16-7-2-3-8(13)9(14)4-7/h2-4,20H,5-6H2,1H3,(H,17,18)(H2,15,16,19). The quantitative estimate of drug-likeness (QED) is 0.644. The number of hydrogen-bond acceptors (Lipinski definition) is 3. The fourth-order valence-electron chi connectivity index (χ4n) is 1.41. The van der Waals surface area contributed by atoms with Crippen LogP contribution in [0.2, 0.25) is 5.02 Å². The van der Waals surface area contributed by atoms with E-state index in [1.165, 1.54) is 6.92 Å². The molecule has 1 rings (SSSR count). The Labute approximate surface area is 129 Å². The first-order chi connectivity index (χ1) is 9.19. The molecule has 110 valence electrons. The Morgan fingerprint density at radius 2 is 2.10 bits per heavy atom. The van der Waals surface area contributed by atoms with Gasteiger partial charge in [-0.15, -0.1) is 0 Å². The monoisotopic (exact) mass is 364 g/mol. The molecule has 0 spiro atoms. The van der Waals surface area contributed by atoms with Crippen LogP contribution in [0.4, 0.5) is 10.5 Å². The smallest absolute Gasteiger partial charge is 0.319 e. The maximum absolute atomic E-state index is 11.6. The van der Waals surface area contributed by atoms with E-state index in [1.807, 2.05) is 0 Å². The molecule has 1 unspecified atom stereocenters. The molecule has 6 nitrogen and oxygen atoms in total. The van der Waals surface area contributed by atoms with Gasteiger partial charge in [0, 0.05) is 16.7 Å². The second-order valence-corrected chi connectivity index (χ2v) is 5.77. The van der Waals surface area contributed by atoms with E-state index in [9.17, 15) is 14.7 Å². The van der Waals surface area contributed by atoms with E-state index in [0.29, 0.717) is 15.2 Å². The van der Waals surface area contributed by atoms with Crippen LogP contribution in [0.3, 0.4) is 0 Å². The van der Waals surface area contributed by atoms with Crippen molar-refractivity contribution in [1.29, 1.82) is 0 Å². The molecule has 0 aliphatic carbocycles. The van der Waals surface area contributed by atoms with Gasteiger partial charge in [0.2, 0.25) is 0 Å². The van der Waals surface area contributed by atoms with Crippen LogP contribution in [0.15, 0.2) is 22.7 Å². The molecule has 8 heteroatoms. The highest BCUT2D eigenvalue weighted by molar-refractivity contribution is 9.10. The Morgan fingerprint density at radius 3 is 2.65 bits per heavy atom. The number of urea groups is 1. The maximum Gasteiger partial charge on any atom is 0.319 e. The Balaban J connectivity index is 2.51. The molecule has 1 aromatic rings. The molecule has 0 aromatic heterocycles. The van der Waals surface area contributed by atoms with Crippen LogP contribution in [-0.2, 0) is 4.79 Å². The summed E-state index contributed by atoms with van der Waals surface area (Å²) < 4.78 is 0.703. The Hall–Kier alpha value is -1.31. The predicted molar refractivity (Wildman–Crippen MR) is 79.1 cm³/mol. The van der Waals surface area contributed by atoms with E-state index in [-0.39, 0.29) is 6.54 Å². The van der Waals surface area contributed by atoms with Gasteiger partial charge in [-0.25, -0.2) is 4.79 Å². The summed E-state index contributed by atoms with van der Waals surface area (Å²) in [6.45, 7) is 1.15. The number of aliphatic carboxylic acids is 1. The first-order valence-corrected chi connectivity index (χ1v) is 6.81. The summed E-state index contributed by atoms with van der Waals surface area (Å²) in [6, 6.07) is 4.32. The number of carbonyl (C=O) groups is 2. The lowest BCUT2D eigenvalue weighted by molar-refractivity contribution is -0.141. The Bertz CT molecular complexity index is 522. The predicted octanol–water partition coefficient (Wildman–Crippen LogP) is 2.45. The summed E-state index contributed by atoms with van der Waals surface area (Å²) in [4.78, 5) is 22.1. The molecule has 2 amide bonds. The number of carbonyl (C=O) groups excluding carboxylic acids is 1. The topological polar surface area (TPSA) is 98.7 Å². The number of aliphatic hydroxyl groups is 1. The van der Waals surface area contributed by atoms with Crippen LogP contribution in [0.5, 0.6) is 0 Å². The second-order valence-electron chi connectivity index (χ2n) is 4.50. The summed E-state index contributed by atoms with van der Waals surface area (Å²) in [7, 11) is 0. The highest BCUT2D eigenvalue weighted by Gasteiger charge is 2.24. The van der Waals surface area contributed by atoms with Crippen molar-refractivity contribution in [2.75, 3.05) is 11.9 Å². The van der Waals surface area contributed by atoms with E-state index in [0.717, 1.165) is 0 Å². The van der Waals surface area contributed by atoms with Crippen LogP contribution in [-0.4, -0.2) is 34.4 Å². The van der Waals surface area contributed by atoms with Gasteiger partial charge in [0.15, 0.2) is 0 Å². The molecule has 0 fully saturated rings. The average molecular weight is 366 g/mol. The number of nitrogens with one attached hydrogen (secondary N) is 2. The summed E-state index contributed by atoms with van der Waals surface area (Å²) in [5.74, 6) is -1.14. The average Bonchev–Trinajstić information content (AvgIpc) is 2.30. The minimum Gasteiger partial charge on any atom is -0.481 e. The van der Waals surface area contributed by atoms with E-state index in [2.05, 4.69) is 26.6 Å². The lowest BCUT2D eigenvalue weighted by atomic mass is 10.0. The van der Waals surface area contributed by atoms with Crippen molar-refractivity contribution in [2.45, 2.75) is 18.9 Å². The van der Waals surface area contributed by atoms with Gasteiger partial charge in [-0.2, -0.15) is 0 Å². The Kier molecular flexibility index (Phi) is 5.79. The zero-order valence-electron chi connectivity index (χ0n) is 10.6. The van der Waals surface area contributed by atoms with Gasteiger partial charge in [0.25, 0.3) is 0 Å². The molecule has 0 saturated heterocycles. The minimum absolute atomic E-state index is 0.185. The molecule has 0 radical (unpaired) electrons. The molecule has 20 heavy (non-hydrogen) atoms. The van der Waals surface area contributed by atoms with Gasteiger partial charge in [-0.3, -0.25) is 4.79 Å². The number of benzene rings is 1. The molecule has 0 heterocycles. The van der Waals surface area contributed by atoms with Crippen molar-refractivity contribution in [3.05, 3.63) is 27.7 Å². The van der Waals surface area contributed by atoms with Crippen molar-refractivity contribution >= 4 is 45.2 Å². The van der Waals surface area contributed by atoms with Crippen molar-refractivity contribution in [1.82, 2.24) is 5.32 Å². The number of rotatable bonds is 5. The minimum atomic E-state index is -1.51. The van der Waals surface area contributed by atoms with E-state index < -0.39 is 24.0 Å². The van der Waals surface area contributed by atoms with E-state index in [1.54, 1.807) is 18.2 Å². The summed E-state index contributed by atoms with van der Waals surface area (Å²) >= 11 is 9.11. The third-order valence-corrected chi connectivity index (χ3v) is 3.57. The van der Waals surface area contributed by atoms with Gasteiger partial charge in [-0.1, -0.05) is 11.6 Å². The number of carboxylic acids is 1. The van der Waals surface area contributed by atoms with Crippen molar-refractivity contribution in [2.24, 2.45) is 0 Å². The fourth-order valence-corrected chi connectivity index (χ4v) is 1.84. The number of hydrogen-bond donors (Lipinski definition) is 4. The van der Waals surface area contributed by atoms with Crippen LogP contribution in [0, 0.1) is 0 Å². The zero-order valence-corrected chi connectivity index (χ0v) is 13.0. The van der Waals surface area contributed by atoms with Gasteiger partial charge in [-0.05, 0) is 41.1 Å². The van der Waals surface area contributed by atoms with Crippen LogP contribution in [0.1, 0.15) is 13.3 Å². The van der Waals surface area contributed by atoms with Gasteiger partial charge < -0.3 is 20.8 Å². The molecule has 0 bridgehead atoms. The normalized spacial score (nSPS) is 13.4. The van der Waals surface area contributed by atoms with Gasteiger partial charge >= 0.3 is 12.0 Å². The Morgan fingerprint density at radius 1 is 1.45 bits per heavy atom. The molecular weight excluding hydrogens is 351 g/mol. The molecule has 0 aliphatic rings. The molecule has 4 N–H and O–H groups in total. The van der Waals surface area contributed by atoms with Gasteiger partial charge in [0.1, 0.15) is 0 Å². The fraction of sp³-hybridized carbons (Fsp3) is 0.333. The lowest BCUT2D eigenvalue weighted by Gasteiger charge is -2.21. The number of carboxylic acid groups (broad SMARTS) is 1. The number of halogens is 2. The highest BCUT2D eigenvalue weighted by Crippen LogP contribution is 2.25. The van der Waals surface area contributed by atoms with E-state index >= 15 is 0 Å². The lowest BCUT2D eigenvalue weighted by Crippen LogP contribution is -2.43. The first kappa shape index (κ1) is 16.7. The SMILES string of the molecule is CC(O)(CNC(=O)Nc1ccc(Br)c(Cl)c1)CC(=O)O. The van der Waals surface area contributed by atoms with Crippen molar-refractivity contribution < 1.29 is 19.8 Å². The largest absolute Gasteiger partial charge is 0.481 e. The van der Waals surface area contributed by atoms with Crippen LogP contribution in [0.25, 0.3) is 0 Å². The molecular formula is C12H14BrClN2O4. The van der Waals surface area contributed by atoms with Gasteiger partial charge in [0.05, 0.1) is 17.0 Å². The summed E-state index contributed by atoms with van der Waals surface area (Å²) in [6.07, 6.45) is -0.461. The third kappa shape index (κ3) is 5.77. The molecule has 1 atom stereocenters. The summed E-state index contributed by atoms with van der Waals surface area (Å²) in [5, 5.41) is 23.7.